The zero-order valence-corrected chi connectivity index (χ0v) is 18.4. The molecule has 0 aliphatic carbocycles. The molecular formula is C21H30N2O7. The number of rotatable bonds is 5. The minimum atomic E-state index is -0.606. The van der Waals surface area contributed by atoms with Gasteiger partial charge in [-0.3, -0.25) is 4.79 Å². The second-order valence-electron chi connectivity index (χ2n) is 7.98. The van der Waals surface area contributed by atoms with Crippen molar-refractivity contribution < 1.29 is 33.3 Å². The van der Waals surface area contributed by atoms with Gasteiger partial charge in [0.2, 0.25) is 5.91 Å². The van der Waals surface area contributed by atoms with Gasteiger partial charge in [-0.2, -0.15) is 0 Å². The Bertz CT molecular complexity index is 793. The molecule has 1 N–H and O–H groups in total. The van der Waals surface area contributed by atoms with Crippen molar-refractivity contribution in [2.24, 2.45) is 5.92 Å². The molecule has 166 valence electrons. The van der Waals surface area contributed by atoms with E-state index in [1.165, 1.54) is 33.5 Å². The number of esters is 1. The number of nitrogens with one attached hydrogen (secondary N) is 1. The van der Waals surface area contributed by atoms with Crippen molar-refractivity contribution in [2.45, 2.75) is 39.2 Å². The molecule has 1 aromatic rings. The molecule has 2 rings (SSSR count). The van der Waals surface area contributed by atoms with Crippen LogP contribution in [0.2, 0.25) is 0 Å². The first-order valence-corrected chi connectivity index (χ1v) is 9.72. The lowest BCUT2D eigenvalue weighted by Gasteiger charge is -2.33. The second kappa shape index (κ2) is 9.69. The van der Waals surface area contributed by atoms with Crippen LogP contribution in [0.15, 0.2) is 12.1 Å². The number of methoxy groups -OCH3 is 3. The maximum Gasteiger partial charge on any atom is 0.410 e. The molecule has 2 amide bonds. The zero-order valence-electron chi connectivity index (χ0n) is 18.4. The summed E-state index contributed by atoms with van der Waals surface area (Å²) in [6.45, 7) is 6.28. The number of benzene rings is 1. The van der Waals surface area contributed by atoms with Crippen molar-refractivity contribution in [3.8, 4) is 11.5 Å². The van der Waals surface area contributed by atoms with Crippen LogP contribution in [0.3, 0.4) is 0 Å². The molecule has 1 aliphatic heterocycles. The van der Waals surface area contributed by atoms with E-state index in [0.29, 0.717) is 37.4 Å². The van der Waals surface area contributed by atoms with Crippen LogP contribution >= 0.6 is 0 Å². The maximum atomic E-state index is 12.8. The summed E-state index contributed by atoms with van der Waals surface area (Å²) < 4.78 is 20.7. The number of anilines is 1. The van der Waals surface area contributed by atoms with Crippen molar-refractivity contribution >= 4 is 23.7 Å². The first kappa shape index (κ1) is 23.3. The summed E-state index contributed by atoms with van der Waals surface area (Å²) in [5.74, 6) is -0.425. The van der Waals surface area contributed by atoms with Crippen molar-refractivity contribution in [3.63, 3.8) is 0 Å². The Morgan fingerprint density at radius 1 is 1.00 bits per heavy atom. The predicted octanol–water partition coefficient (Wildman–Crippen LogP) is 3.08. The molecule has 0 spiro atoms. The molecule has 1 fully saturated rings. The molecule has 1 saturated heterocycles. The molecule has 30 heavy (non-hydrogen) atoms. The minimum absolute atomic E-state index is 0.162. The highest BCUT2D eigenvalue weighted by Gasteiger charge is 2.30. The number of likely N-dealkylation sites (tertiary alicyclic amines) is 1. The number of piperidine rings is 1. The summed E-state index contributed by atoms with van der Waals surface area (Å²) in [7, 11) is 4.18. The van der Waals surface area contributed by atoms with Crippen LogP contribution in [0.5, 0.6) is 11.5 Å². The van der Waals surface area contributed by atoms with Crippen molar-refractivity contribution in [1.82, 2.24) is 4.90 Å². The molecule has 0 aromatic heterocycles. The Morgan fingerprint density at radius 3 is 2.07 bits per heavy atom. The molecule has 0 radical (unpaired) electrons. The summed E-state index contributed by atoms with van der Waals surface area (Å²) in [6.07, 6.45) is 0.604. The smallest absolute Gasteiger partial charge is 0.410 e. The van der Waals surface area contributed by atoms with Gasteiger partial charge in [-0.05, 0) is 33.6 Å². The van der Waals surface area contributed by atoms with Gasteiger partial charge in [-0.1, -0.05) is 0 Å². The molecular weight excluding hydrogens is 392 g/mol. The highest BCUT2D eigenvalue weighted by molar-refractivity contribution is 6.02. The van der Waals surface area contributed by atoms with E-state index in [2.05, 4.69) is 5.32 Å². The zero-order chi connectivity index (χ0) is 22.5. The number of hydrogen-bond donors (Lipinski definition) is 1. The summed E-state index contributed by atoms with van der Waals surface area (Å²) in [4.78, 5) is 38.8. The Balaban J connectivity index is 2.09. The molecule has 1 heterocycles. The van der Waals surface area contributed by atoms with E-state index in [-0.39, 0.29) is 29.2 Å². The van der Waals surface area contributed by atoms with Crippen LogP contribution in [-0.2, 0) is 14.3 Å². The van der Waals surface area contributed by atoms with Gasteiger partial charge in [-0.25, -0.2) is 9.59 Å². The topological polar surface area (TPSA) is 103 Å². The standard InChI is InChI=1S/C21H30N2O7/c1-21(2,3)30-20(26)23-9-7-13(8-10-23)18(24)22-15-12-17(28-5)16(27-4)11-14(15)19(25)29-6/h11-13H,7-10H2,1-6H3,(H,22,24). The van der Waals surface area contributed by atoms with Crippen LogP contribution in [0.25, 0.3) is 0 Å². The van der Waals surface area contributed by atoms with Crippen LogP contribution in [0.1, 0.15) is 44.0 Å². The van der Waals surface area contributed by atoms with Crippen LogP contribution in [-0.4, -0.2) is 62.9 Å². The fourth-order valence-corrected chi connectivity index (χ4v) is 3.15. The molecule has 0 atom stereocenters. The Hall–Kier alpha value is -2.97. The Labute approximate surface area is 176 Å². The number of amides is 2. The van der Waals surface area contributed by atoms with Gasteiger partial charge < -0.3 is 29.2 Å². The average Bonchev–Trinajstić information content (AvgIpc) is 2.71. The number of ether oxygens (including phenoxy) is 4. The van der Waals surface area contributed by atoms with Gasteiger partial charge in [0.1, 0.15) is 5.60 Å². The van der Waals surface area contributed by atoms with Crippen LogP contribution in [0, 0.1) is 5.92 Å². The highest BCUT2D eigenvalue weighted by atomic mass is 16.6. The lowest BCUT2D eigenvalue weighted by Crippen LogP contribution is -2.43. The number of nitrogens with zero attached hydrogens (tertiary/aromatic N) is 1. The molecule has 1 aromatic carbocycles. The van der Waals surface area contributed by atoms with Gasteiger partial charge in [-0.15, -0.1) is 0 Å². The average molecular weight is 422 g/mol. The molecule has 0 bridgehead atoms. The number of carbonyl (C=O) groups is 3. The second-order valence-corrected chi connectivity index (χ2v) is 7.98. The fourth-order valence-electron chi connectivity index (χ4n) is 3.15. The first-order chi connectivity index (χ1) is 14.1. The van der Waals surface area contributed by atoms with E-state index >= 15 is 0 Å². The SMILES string of the molecule is COC(=O)c1cc(OC)c(OC)cc1NC(=O)C1CCN(C(=O)OC(C)(C)C)CC1. The first-order valence-electron chi connectivity index (χ1n) is 9.72. The lowest BCUT2D eigenvalue weighted by molar-refractivity contribution is -0.121. The van der Waals surface area contributed by atoms with E-state index < -0.39 is 11.6 Å². The molecule has 9 nitrogen and oxygen atoms in total. The van der Waals surface area contributed by atoms with Crippen molar-refractivity contribution in [3.05, 3.63) is 17.7 Å². The largest absolute Gasteiger partial charge is 0.493 e. The highest BCUT2D eigenvalue weighted by Crippen LogP contribution is 2.34. The van der Waals surface area contributed by atoms with Gasteiger partial charge in [0.25, 0.3) is 0 Å². The lowest BCUT2D eigenvalue weighted by atomic mass is 9.96. The van der Waals surface area contributed by atoms with E-state index in [9.17, 15) is 14.4 Å². The Morgan fingerprint density at radius 2 is 1.57 bits per heavy atom. The maximum absolute atomic E-state index is 12.8. The van der Waals surface area contributed by atoms with E-state index in [1.54, 1.807) is 4.90 Å². The van der Waals surface area contributed by atoms with Crippen molar-refractivity contribution in [1.29, 1.82) is 0 Å². The van der Waals surface area contributed by atoms with Gasteiger partial charge in [0.05, 0.1) is 32.6 Å². The third kappa shape index (κ3) is 5.77. The molecule has 9 heteroatoms. The summed E-state index contributed by atoms with van der Waals surface area (Å²) in [5, 5.41) is 2.79. The van der Waals surface area contributed by atoms with E-state index in [4.69, 9.17) is 18.9 Å². The van der Waals surface area contributed by atoms with Crippen LogP contribution in [0.4, 0.5) is 10.5 Å². The van der Waals surface area contributed by atoms with E-state index in [0.717, 1.165) is 0 Å². The van der Waals surface area contributed by atoms with Gasteiger partial charge in [0, 0.05) is 31.1 Å². The minimum Gasteiger partial charge on any atom is -0.493 e. The van der Waals surface area contributed by atoms with Crippen LogP contribution < -0.4 is 14.8 Å². The predicted molar refractivity (Wildman–Crippen MR) is 110 cm³/mol. The fraction of sp³-hybridized carbons (Fsp3) is 0.571. The van der Waals surface area contributed by atoms with Gasteiger partial charge in [0.15, 0.2) is 11.5 Å². The molecule has 0 saturated carbocycles. The quantitative estimate of drug-likeness (QED) is 0.727. The third-order valence-electron chi connectivity index (χ3n) is 4.70. The summed E-state index contributed by atoms with van der Waals surface area (Å²) >= 11 is 0. The monoisotopic (exact) mass is 422 g/mol. The normalized spacial score (nSPS) is 14.7. The van der Waals surface area contributed by atoms with Gasteiger partial charge >= 0.3 is 12.1 Å². The third-order valence-corrected chi connectivity index (χ3v) is 4.70. The Kier molecular flexibility index (Phi) is 7.53. The van der Waals surface area contributed by atoms with E-state index in [1.807, 2.05) is 20.8 Å². The summed E-state index contributed by atoms with van der Waals surface area (Å²) in [6, 6.07) is 2.99. The molecule has 1 aliphatic rings. The number of carbonyl (C=O) groups excluding carboxylic acids is 3. The molecule has 0 unspecified atom stereocenters. The summed E-state index contributed by atoms with van der Waals surface area (Å²) in [5.41, 5.74) is -0.128. The van der Waals surface area contributed by atoms with Crippen molar-refractivity contribution in [2.75, 3.05) is 39.7 Å². The number of hydrogen-bond acceptors (Lipinski definition) is 7.